The molecule has 2 heteroatoms. The zero-order valence-corrected chi connectivity index (χ0v) is 6.48. The van der Waals surface area contributed by atoms with E-state index in [9.17, 15) is 4.79 Å². The number of primary amides is 1. The summed E-state index contributed by atoms with van der Waals surface area (Å²) in [4.78, 5) is 10.9. The fourth-order valence-electron chi connectivity index (χ4n) is 1.24. The first-order valence-corrected chi connectivity index (χ1v) is 3.57. The van der Waals surface area contributed by atoms with Gasteiger partial charge in [-0.2, -0.15) is 0 Å². The Morgan fingerprint density at radius 2 is 2.10 bits per heavy atom. The molecule has 1 aliphatic carbocycles. The number of hydrogen-bond acceptors (Lipinski definition) is 1. The van der Waals surface area contributed by atoms with E-state index in [4.69, 9.17) is 5.73 Å². The monoisotopic (exact) mass is 139 g/mol. The van der Waals surface area contributed by atoms with Gasteiger partial charge in [-0.3, -0.25) is 4.79 Å². The molecule has 0 spiro atoms. The largest absolute Gasteiger partial charge is 0.369 e. The zero-order chi connectivity index (χ0) is 7.78. The number of allylic oxidation sites excluding steroid dienone is 1. The highest BCUT2D eigenvalue weighted by Gasteiger charge is 2.49. The van der Waals surface area contributed by atoms with Crippen LogP contribution >= 0.6 is 0 Å². The van der Waals surface area contributed by atoms with E-state index in [1.54, 1.807) is 0 Å². The highest BCUT2D eigenvalue weighted by Crippen LogP contribution is 2.51. The van der Waals surface area contributed by atoms with Crippen LogP contribution in [-0.4, -0.2) is 5.91 Å². The summed E-state index contributed by atoms with van der Waals surface area (Å²) in [7, 11) is 0. The van der Waals surface area contributed by atoms with Crippen molar-refractivity contribution >= 4 is 5.91 Å². The summed E-state index contributed by atoms with van der Waals surface area (Å²) in [5, 5.41) is 0. The number of nitrogens with two attached hydrogens (primary N) is 1. The first-order valence-electron chi connectivity index (χ1n) is 3.57. The molecule has 0 aromatic heterocycles. The van der Waals surface area contributed by atoms with Crippen molar-refractivity contribution in [2.75, 3.05) is 0 Å². The molecule has 0 aromatic carbocycles. The molecule has 1 aliphatic rings. The molecule has 1 amide bonds. The molecule has 0 aliphatic heterocycles. The van der Waals surface area contributed by atoms with Crippen molar-refractivity contribution in [3.05, 3.63) is 11.6 Å². The van der Waals surface area contributed by atoms with Gasteiger partial charge in [0.25, 0.3) is 0 Å². The third-order valence-corrected chi connectivity index (χ3v) is 2.41. The maximum Gasteiger partial charge on any atom is 0.227 e. The molecular formula is C8H13NO. The summed E-state index contributed by atoms with van der Waals surface area (Å²) in [6.07, 6.45) is 3.86. The second-order valence-electron chi connectivity index (χ2n) is 2.92. The molecule has 2 N–H and O–H groups in total. The maximum atomic E-state index is 10.9. The van der Waals surface area contributed by atoms with Gasteiger partial charge < -0.3 is 5.73 Å². The summed E-state index contributed by atoms with van der Waals surface area (Å²) >= 11 is 0. The summed E-state index contributed by atoms with van der Waals surface area (Å²) < 4.78 is 0. The Balaban J connectivity index is 2.79. The average Bonchev–Trinajstić information content (AvgIpc) is 2.65. The minimum atomic E-state index is -0.241. The summed E-state index contributed by atoms with van der Waals surface area (Å²) in [5.41, 5.74) is 6.11. The molecule has 0 atom stereocenters. The van der Waals surface area contributed by atoms with Crippen LogP contribution in [0.3, 0.4) is 0 Å². The molecule has 0 unspecified atom stereocenters. The minimum Gasteiger partial charge on any atom is -0.369 e. The van der Waals surface area contributed by atoms with Gasteiger partial charge in [-0.05, 0) is 26.7 Å². The van der Waals surface area contributed by atoms with Crippen LogP contribution in [0.2, 0.25) is 0 Å². The van der Waals surface area contributed by atoms with Gasteiger partial charge in [0.2, 0.25) is 5.91 Å². The molecule has 1 rings (SSSR count). The molecule has 0 saturated heterocycles. The Morgan fingerprint density at radius 1 is 1.60 bits per heavy atom. The van der Waals surface area contributed by atoms with Crippen molar-refractivity contribution < 1.29 is 4.79 Å². The van der Waals surface area contributed by atoms with Crippen LogP contribution in [0.25, 0.3) is 0 Å². The summed E-state index contributed by atoms with van der Waals surface area (Å²) in [5.74, 6) is -0.164. The molecule has 0 radical (unpaired) electrons. The van der Waals surface area contributed by atoms with Gasteiger partial charge in [-0.15, -0.1) is 0 Å². The Hall–Kier alpha value is -0.790. The Morgan fingerprint density at radius 3 is 2.20 bits per heavy atom. The highest BCUT2D eigenvalue weighted by molar-refractivity contribution is 5.87. The molecule has 0 aromatic rings. The number of carbonyl (C=O) groups is 1. The Labute approximate surface area is 61.1 Å². The van der Waals surface area contributed by atoms with Crippen molar-refractivity contribution in [3.8, 4) is 0 Å². The molecule has 10 heavy (non-hydrogen) atoms. The van der Waals surface area contributed by atoms with Crippen LogP contribution in [0.4, 0.5) is 0 Å². The zero-order valence-electron chi connectivity index (χ0n) is 6.48. The molecule has 56 valence electrons. The van der Waals surface area contributed by atoms with E-state index in [-0.39, 0.29) is 11.3 Å². The number of hydrogen-bond donors (Lipinski definition) is 1. The topological polar surface area (TPSA) is 43.1 Å². The van der Waals surface area contributed by atoms with Gasteiger partial charge in [-0.25, -0.2) is 0 Å². The second-order valence-corrected chi connectivity index (χ2v) is 2.92. The van der Waals surface area contributed by atoms with Crippen LogP contribution in [0.15, 0.2) is 11.6 Å². The van der Waals surface area contributed by atoms with Crippen molar-refractivity contribution in [2.45, 2.75) is 26.7 Å². The van der Waals surface area contributed by atoms with E-state index in [2.05, 4.69) is 0 Å². The van der Waals surface area contributed by atoms with Crippen molar-refractivity contribution in [2.24, 2.45) is 11.1 Å². The van der Waals surface area contributed by atoms with Crippen LogP contribution in [0.5, 0.6) is 0 Å². The minimum absolute atomic E-state index is 0.164. The predicted octanol–water partition coefficient (Wildman–Crippen LogP) is 1.22. The highest BCUT2D eigenvalue weighted by atomic mass is 16.1. The molecule has 1 fully saturated rings. The van der Waals surface area contributed by atoms with Crippen LogP contribution in [0.1, 0.15) is 26.7 Å². The summed E-state index contributed by atoms with van der Waals surface area (Å²) in [6.45, 7) is 3.91. The lowest BCUT2D eigenvalue weighted by molar-refractivity contribution is -0.121. The standard InChI is InChI=1S/C8H13NO/c1-3-6(2)8(4-5-8)7(9)10/h3H,4-5H2,1-2H3,(H2,9,10)/b6-3+. The van der Waals surface area contributed by atoms with Gasteiger partial charge >= 0.3 is 0 Å². The first-order chi connectivity index (χ1) is 4.63. The second kappa shape index (κ2) is 2.11. The SMILES string of the molecule is C/C=C(\C)C1(C(N)=O)CC1. The van der Waals surface area contributed by atoms with Gasteiger partial charge in [0.1, 0.15) is 0 Å². The van der Waals surface area contributed by atoms with E-state index in [0.29, 0.717) is 0 Å². The first kappa shape index (κ1) is 7.32. The third-order valence-electron chi connectivity index (χ3n) is 2.41. The number of rotatable bonds is 2. The van der Waals surface area contributed by atoms with E-state index < -0.39 is 0 Å². The molecule has 0 heterocycles. The van der Waals surface area contributed by atoms with Crippen LogP contribution in [0, 0.1) is 5.41 Å². The lowest BCUT2D eigenvalue weighted by atomic mass is 9.97. The van der Waals surface area contributed by atoms with Gasteiger partial charge in [0.05, 0.1) is 5.41 Å². The van der Waals surface area contributed by atoms with Gasteiger partial charge in [-0.1, -0.05) is 11.6 Å². The van der Waals surface area contributed by atoms with E-state index in [1.165, 1.54) is 0 Å². The smallest absolute Gasteiger partial charge is 0.227 e. The fraction of sp³-hybridized carbons (Fsp3) is 0.625. The Kier molecular flexibility index (Phi) is 1.55. The van der Waals surface area contributed by atoms with Crippen LogP contribution in [-0.2, 0) is 4.79 Å². The van der Waals surface area contributed by atoms with Crippen LogP contribution < -0.4 is 5.73 Å². The molecule has 1 saturated carbocycles. The van der Waals surface area contributed by atoms with Gasteiger partial charge in [0.15, 0.2) is 0 Å². The fourth-order valence-corrected chi connectivity index (χ4v) is 1.24. The van der Waals surface area contributed by atoms with Crippen molar-refractivity contribution in [3.63, 3.8) is 0 Å². The normalized spacial score (nSPS) is 22.4. The summed E-state index contributed by atoms with van der Waals surface area (Å²) in [6, 6.07) is 0. The van der Waals surface area contributed by atoms with Crippen molar-refractivity contribution in [1.29, 1.82) is 0 Å². The van der Waals surface area contributed by atoms with Gasteiger partial charge in [0, 0.05) is 0 Å². The van der Waals surface area contributed by atoms with E-state index in [1.807, 2.05) is 19.9 Å². The number of carbonyl (C=O) groups excluding carboxylic acids is 1. The van der Waals surface area contributed by atoms with Crippen molar-refractivity contribution in [1.82, 2.24) is 0 Å². The number of amides is 1. The maximum absolute atomic E-state index is 10.9. The lowest BCUT2D eigenvalue weighted by Crippen LogP contribution is -2.25. The third kappa shape index (κ3) is 0.838. The predicted molar refractivity (Wildman–Crippen MR) is 40.3 cm³/mol. The Bertz CT molecular complexity index is 189. The molecule has 2 nitrogen and oxygen atoms in total. The molecule has 0 bridgehead atoms. The van der Waals surface area contributed by atoms with E-state index >= 15 is 0 Å². The van der Waals surface area contributed by atoms with E-state index in [0.717, 1.165) is 18.4 Å². The quantitative estimate of drug-likeness (QED) is 0.574. The lowest BCUT2D eigenvalue weighted by Gasteiger charge is -2.09. The molecular weight excluding hydrogens is 126 g/mol. The average molecular weight is 139 g/mol.